The van der Waals surface area contributed by atoms with Crippen molar-refractivity contribution in [3.8, 4) is 12.1 Å². The molecule has 1 aliphatic carbocycles. The molecule has 1 aromatic carbocycles. The van der Waals surface area contributed by atoms with E-state index in [9.17, 15) is 10.1 Å². The fraction of sp³-hybridized carbons (Fsp3) is 0.263. The van der Waals surface area contributed by atoms with E-state index in [-0.39, 0.29) is 16.7 Å². The fourth-order valence-corrected chi connectivity index (χ4v) is 2.88. The largest absolute Gasteiger partial charge is 0.276 e. The molecule has 0 N–H and O–H groups in total. The summed E-state index contributed by atoms with van der Waals surface area (Å²) in [5.41, 5.74) is 2.29. The second-order valence-electron chi connectivity index (χ2n) is 6.51. The molecule has 5 nitrogen and oxygen atoms in total. The van der Waals surface area contributed by atoms with Crippen LogP contribution in [0.4, 0.5) is 5.69 Å². The number of rotatable bonds is 3. The van der Waals surface area contributed by atoms with Crippen molar-refractivity contribution >= 4 is 11.8 Å². The van der Waals surface area contributed by atoms with Gasteiger partial charge in [-0.05, 0) is 41.5 Å². The van der Waals surface area contributed by atoms with Gasteiger partial charge in [0.15, 0.2) is 0 Å². The number of hydrogen-bond donors (Lipinski definition) is 0. The van der Waals surface area contributed by atoms with Crippen molar-refractivity contribution in [1.29, 1.82) is 10.5 Å². The molecule has 0 atom stereocenters. The molecular formula is C19H17N3O2. The second-order valence-corrected chi connectivity index (χ2v) is 6.51. The minimum absolute atomic E-state index is 0.0509. The predicted molar refractivity (Wildman–Crippen MR) is 91.5 cm³/mol. The SMILES string of the molecule is CC1(C)CC(/C=C/c2ccccc2[N+](=O)[O-])=CC(=C(C#N)C#N)C1. The van der Waals surface area contributed by atoms with Gasteiger partial charge in [0.05, 0.1) is 10.5 Å². The molecule has 0 spiro atoms. The Morgan fingerprint density at radius 2 is 1.88 bits per heavy atom. The van der Waals surface area contributed by atoms with E-state index in [0.29, 0.717) is 12.0 Å². The normalized spacial score (nSPS) is 16.2. The monoisotopic (exact) mass is 319 g/mol. The topological polar surface area (TPSA) is 90.7 Å². The zero-order chi connectivity index (χ0) is 17.7. The van der Waals surface area contributed by atoms with Gasteiger partial charge in [-0.1, -0.05) is 38.1 Å². The van der Waals surface area contributed by atoms with E-state index in [2.05, 4.69) is 13.8 Å². The zero-order valence-electron chi connectivity index (χ0n) is 13.6. The Balaban J connectivity index is 2.42. The summed E-state index contributed by atoms with van der Waals surface area (Å²) >= 11 is 0. The van der Waals surface area contributed by atoms with Crippen molar-refractivity contribution in [1.82, 2.24) is 0 Å². The first kappa shape index (κ1) is 17.2. The van der Waals surface area contributed by atoms with Crippen LogP contribution in [0.3, 0.4) is 0 Å². The van der Waals surface area contributed by atoms with Crippen LogP contribution in [0.1, 0.15) is 32.3 Å². The molecule has 5 heteroatoms. The molecule has 0 aromatic heterocycles. The minimum atomic E-state index is -0.409. The van der Waals surface area contributed by atoms with Crippen LogP contribution in [0, 0.1) is 38.2 Å². The van der Waals surface area contributed by atoms with E-state index in [1.165, 1.54) is 6.07 Å². The molecule has 0 saturated carbocycles. The Morgan fingerprint density at radius 3 is 2.50 bits per heavy atom. The first-order valence-corrected chi connectivity index (χ1v) is 7.52. The minimum Gasteiger partial charge on any atom is -0.258 e. The van der Waals surface area contributed by atoms with E-state index in [0.717, 1.165) is 17.6 Å². The van der Waals surface area contributed by atoms with Crippen LogP contribution < -0.4 is 0 Å². The number of nitriles is 2. The Morgan fingerprint density at radius 1 is 1.21 bits per heavy atom. The second kappa shape index (κ2) is 6.93. The van der Waals surface area contributed by atoms with Gasteiger partial charge in [0.1, 0.15) is 17.7 Å². The van der Waals surface area contributed by atoms with Crippen molar-refractivity contribution in [2.45, 2.75) is 26.7 Å². The van der Waals surface area contributed by atoms with Gasteiger partial charge >= 0.3 is 0 Å². The van der Waals surface area contributed by atoms with E-state index >= 15 is 0 Å². The summed E-state index contributed by atoms with van der Waals surface area (Å²) in [7, 11) is 0. The first-order valence-electron chi connectivity index (χ1n) is 7.52. The van der Waals surface area contributed by atoms with Crippen LogP contribution in [-0.4, -0.2) is 4.92 Å². The summed E-state index contributed by atoms with van der Waals surface area (Å²) in [5, 5.41) is 29.2. The fourth-order valence-electron chi connectivity index (χ4n) is 2.88. The van der Waals surface area contributed by atoms with Gasteiger partial charge in [0.25, 0.3) is 5.69 Å². The summed E-state index contributed by atoms with van der Waals surface area (Å²) in [6, 6.07) is 10.4. The molecule has 0 aliphatic heterocycles. The number of para-hydroxylation sites is 1. The third-order valence-corrected chi connectivity index (χ3v) is 3.87. The highest BCUT2D eigenvalue weighted by atomic mass is 16.6. The number of nitro benzene ring substituents is 1. The predicted octanol–water partition coefficient (Wildman–Crippen LogP) is 4.70. The van der Waals surface area contributed by atoms with Gasteiger partial charge in [-0.3, -0.25) is 10.1 Å². The van der Waals surface area contributed by atoms with Gasteiger partial charge in [-0.25, -0.2) is 0 Å². The maximum Gasteiger partial charge on any atom is 0.276 e. The van der Waals surface area contributed by atoms with E-state index in [1.54, 1.807) is 24.3 Å². The summed E-state index contributed by atoms with van der Waals surface area (Å²) < 4.78 is 0. The lowest BCUT2D eigenvalue weighted by Crippen LogP contribution is -2.17. The summed E-state index contributed by atoms with van der Waals surface area (Å²) in [5.74, 6) is 0. The van der Waals surface area contributed by atoms with Crippen molar-refractivity contribution in [2.24, 2.45) is 5.41 Å². The standard InChI is InChI=1S/C19H17N3O2/c1-19(2)10-14(9-16(11-19)17(12-20)13-21)7-8-15-5-3-4-6-18(15)22(23)24/h3-9H,10-11H2,1-2H3/b8-7+. The molecule has 1 aromatic rings. The highest BCUT2D eigenvalue weighted by Gasteiger charge is 2.26. The third-order valence-electron chi connectivity index (χ3n) is 3.87. The van der Waals surface area contributed by atoms with Crippen molar-refractivity contribution in [3.63, 3.8) is 0 Å². The van der Waals surface area contributed by atoms with Crippen molar-refractivity contribution in [3.05, 3.63) is 68.8 Å². The van der Waals surface area contributed by atoms with E-state index < -0.39 is 4.92 Å². The molecule has 0 heterocycles. The van der Waals surface area contributed by atoms with Crippen LogP contribution in [-0.2, 0) is 0 Å². The molecule has 2 rings (SSSR count). The van der Waals surface area contributed by atoms with Crippen LogP contribution in [0.25, 0.3) is 6.08 Å². The van der Waals surface area contributed by atoms with E-state index in [4.69, 9.17) is 10.5 Å². The number of hydrogen-bond acceptors (Lipinski definition) is 4. The molecule has 120 valence electrons. The average Bonchev–Trinajstić information content (AvgIpc) is 2.53. The van der Waals surface area contributed by atoms with Crippen molar-refractivity contribution < 1.29 is 4.92 Å². The molecule has 0 bridgehead atoms. The average molecular weight is 319 g/mol. The lowest BCUT2D eigenvalue weighted by Gasteiger charge is -2.30. The zero-order valence-corrected chi connectivity index (χ0v) is 13.6. The van der Waals surface area contributed by atoms with Crippen LogP contribution in [0.15, 0.2) is 53.1 Å². The Kier molecular flexibility index (Phi) is 4.96. The van der Waals surface area contributed by atoms with Crippen LogP contribution >= 0.6 is 0 Å². The molecule has 0 amide bonds. The maximum atomic E-state index is 11.1. The highest BCUT2D eigenvalue weighted by Crippen LogP contribution is 2.39. The Bertz CT molecular complexity index is 830. The molecule has 24 heavy (non-hydrogen) atoms. The Labute approximate surface area is 141 Å². The maximum absolute atomic E-state index is 11.1. The smallest absolute Gasteiger partial charge is 0.258 e. The van der Waals surface area contributed by atoms with Crippen molar-refractivity contribution in [2.75, 3.05) is 0 Å². The molecule has 0 fully saturated rings. The number of nitrogens with zero attached hydrogens (tertiary/aromatic N) is 3. The Hall–Kier alpha value is -3.18. The molecule has 0 unspecified atom stereocenters. The van der Waals surface area contributed by atoms with Gasteiger partial charge in [-0.2, -0.15) is 10.5 Å². The van der Waals surface area contributed by atoms with E-state index in [1.807, 2.05) is 24.3 Å². The number of benzene rings is 1. The number of allylic oxidation sites excluding steroid dienone is 5. The lowest BCUT2D eigenvalue weighted by molar-refractivity contribution is -0.385. The summed E-state index contributed by atoms with van der Waals surface area (Å²) in [6.07, 6.45) is 6.82. The molecule has 1 aliphatic rings. The third kappa shape index (κ3) is 3.97. The summed E-state index contributed by atoms with van der Waals surface area (Å²) in [6.45, 7) is 4.15. The summed E-state index contributed by atoms with van der Waals surface area (Å²) in [4.78, 5) is 10.7. The van der Waals surface area contributed by atoms with Crippen LogP contribution in [0.2, 0.25) is 0 Å². The quantitative estimate of drug-likeness (QED) is 0.459. The highest BCUT2D eigenvalue weighted by molar-refractivity contribution is 5.63. The molecular weight excluding hydrogens is 302 g/mol. The number of nitro groups is 1. The molecule has 0 saturated heterocycles. The van der Waals surface area contributed by atoms with Crippen LogP contribution in [0.5, 0.6) is 0 Å². The van der Waals surface area contributed by atoms with Gasteiger partial charge < -0.3 is 0 Å². The van der Waals surface area contributed by atoms with Gasteiger partial charge in [0.2, 0.25) is 0 Å². The molecule has 0 radical (unpaired) electrons. The van der Waals surface area contributed by atoms with Gasteiger partial charge in [0, 0.05) is 6.07 Å². The van der Waals surface area contributed by atoms with Gasteiger partial charge in [-0.15, -0.1) is 0 Å². The first-order chi connectivity index (χ1) is 11.4. The lowest BCUT2D eigenvalue weighted by atomic mass is 9.74.